The molecule has 0 amide bonds. The summed E-state index contributed by atoms with van der Waals surface area (Å²) in [7, 11) is 0. The van der Waals surface area contributed by atoms with E-state index in [9.17, 15) is 4.39 Å². The first-order chi connectivity index (χ1) is 7.17. The highest BCUT2D eigenvalue weighted by Crippen LogP contribution is 2.21. The molecule has 1 atom stereocenters. The Bertz CT molecular complexity index is 315. The number of rotatable bonds is 5. The van der Waals surface area contributed by atoms with Crippen molar-refractivity contribution < 1.29 is 9.13 Å². The Hall–Kier alpha value is -0.410. The molecule has 0 heterocycles. The zero-order chi connectivity index (χ0) is 11.3. The number of thiol groups is 1. The molecular weight excluding hydrogens is 235 g/mol. The molecule has 15 heavy (non-hydrogen) atoms. The summed E-state index contributed by atoms with van der Waals surface area (Å²) < 4.78 is 18.3. The van der Waals surface area contributed by atoms with E-state index in [0.29, 0.717) is 18.3 Å². The lowest BCUT2D eigenvalue weighted by Crippen LogP contribution is -2.12. The van der Waals surface area contributed by atoms with E-state index in [2.05, 4.69) is 19.6 Å². The largest absolute Gasteiger partial charge is 0.493 e. The van der Waals surface area contributed by atoms with Crippen LogP contribution in [0.15, 0.2) is 18.2 Å². The minimum Gasteiger partial charge on any atom is -0.493 e. The van der Waals surface area contributed by atoms with Gasteiger partial charge < -0.3 is 4.74 Å². The third-order valence-electron chi connectivity index (χ3n) is 2.21. The Morgan fingerprint density at radius 3 is 2.80 bits per heavy atom. The molecule has 0 bridgehead atoms. The second-order valence-corrected chi connectivity index (χ2v) is 4.12. The third kappa shape index (κ3) is 3.92. The molecule has 0 aliphatic rings. The Morgan fingerprint density at radius 1 is 1.53 bits per heavy atom. The van der Waals surface area contributed by atoms with Crippen molar-refractivity contribution in [3.63, 3.8) is 0 Å². The maximum absolute atomic E-state index is 12.8. The molecule has 0 N–H and O–H groups in total. The van der Waals surface area contributed by atoms with Gasteiger partial charge in [-0.3, -0.25) is 0 Å². The standard InChI is InChI=1S/C11H14ClFOS/c1-2-8(7-15)6-14-9-3-4-11(13)10(12)5-9/h3-5,8,15H,2,6-7H2,1H3. The molecule has 0 fully saturated rings. The zero-order valence-corrected chi connectivity index (χ0v) is 10.2. The van der Waals surface area contributed by atoms with Gasteiger partial charge in [0.05, 0.1) is 11.6 Å². The van der Waals surface area contributed by atoms with E-state index < -0.39 is 5.82 Å². The number of hydrogen-bond acceptors (Lipinski definition) is 2. The summed E-state index contributed by atoms with van der Waals surface area (Å²) in [6, 6.07) is 4.37. The normalized spacial score (nSPS) is 12.5. The fraction of sp³-hybridized carbons (Fsp3) is 0.455. The van der Waals surface area contributed by atoms with E-state index in [1.54, 1.807) is 6.07 Å². The maximum atomic E-state index is 12.8. The van der Waals surface area contributed by atoms with Crippen LogP contribution >= 0.6 is 24.2 Å². The average Bonchev–Trinajstić information content (AvgIpc) is 2.24. The van der Waals surface area contributed by atoms with E-state index in [4.69, 9.17) is 16.3 Å². The molecule has 0 saturated carbocycles. The molecule has 1 aromatic rings. The summed E-state index contributed by atoms with van der Waals surface area (Å²) >= 11 is 9.84. The van der Waals surface area contributed by atoms with E-state index in [0.717, 1.165) is 12.2 Å². The molecule has 1 aromatic carbocycles. The van der Waals surface area contributed by atoms with Gasteiger partial charge in [-0.2, -0.15) is 12.6 Å². The van der Waals surface area contributed by atoms with Gasteiger partial charge in [-0.15, -0.1) is 0 Å². The van der Waals surface area contributed by atoms with Crippen LogP contribution < -0.4 is 4.74 Å². The van der Waals surface area contributed by atoms with Crippen molar-refractivity contribution >= 4 is 24.2 Å². The Labute approximate surface area is 100.0 Å². The Morgan fingerprint density at radius 2 is 2.27 bits per heavy atom. The van der Waals surface area contributed by atoms with Crippen molar-refractivity contribution in [2.75, 3.05) is 12.4 Å². The molecule has 1 nitrogen and oxygen atoms in total. The molecule has 0 aliphatic carbocycles. The molecule has 4 heteroatoms. The summed E-state index contributed by atoms with van der Waals surface area (Å²) in [4.78, 5) is 0. The Kier molecular flexibility index (Phi) is 5.26. The number of hydrogen-bond donors (Lipinski definition) is 1. The van der Waals surface area contributed by atoms with E-state index >= 15 is 0 Å². The van der Waals surface area contributed by atoms with Crippen LogP contribution in [0.3, 0.4) is 0 Å². The van der Waals surface area contributed by atoms with Gasteiger partial charge in [-0.1, -0.05) is 18.5 Å². The van der Waals surface area contributed by atoms with Crippen molar-refractivity contribution in [2.45, 2.75) is 13.3 Å². The van der Waals surface area contributed by atoms with E-state index in [1.165, 1.54) is 12.1 Å². The minimum atomic E-state index is -0.426. The Balaban J connectivity index is 2.54. The molecule has 1 unspecified atom stereocenters. The van der Waals surface area contributed by atoms with Crippen LogP contribution in [0.2, 0.25) is 5.02 Å². The van der Waals surface area contributed by atoms with Gasteiger partial charge in [0, 0.05) is 12.0 Å². The number of ether oxygens (including phenoxy) is 1. The van der Waals surface area contributed by atoms with Crippen LogP contribution in [0.5, 0.6) is 5.75 Å². The minimum absolute atomic E-state index is 0.0893. The first kappa shape index (κ1) is 12.7. The lowest BCUT2D eigenvalue weighted by Gasteiger charge is -2.13. The van der Waals surface area contributed by atoms with Gasteiger partial charge in [0.2, 0.25) is 0 Å². The van der Waals surface area contributed by atoms with Crippen LogP contribution in [-0.2, 0) is 0 Å². The van der Waals surface area contributed by atoms with Gasteiger partial charge in [-0.05, 0) is 24.3 Å². The van der Waals surface area contributed by atoms with Gasteiger partial charge >= 0.3 is 0 Å². The third-order valence-corrected chi connectivity index (χ3v) is 3.02. The molecule has 0 saturated heterocycles. The van der Waals surface area contributed by atoms with Crippen LogP contribution in [0.4, 0.5) is 4.39 Å². The summed E-state index contributed by atoms with van der Waals surface area (Å²) in [5.74, 6) is 1.37. The van der Waals surface area contributed by atoms with Crippen LogP contribution in [0.25, 0.3) is 0 Å². The van der Waals surface area contributed by atoms with Crippen molar-refractivity contribution in [2.24, 2.45) is 5.92 Å². The highest BCUT2D eigenvalue weighted by Gasteiger charge is 2.06. The van der Waals surface area contributed by atoms with E-state index in [1.807, 2.05) is 0 Å². The lowest BCUT2D eigenvalue weighted by molar-refractivity contribution is 0.259. The van der Waals surface area contributed by atoms with Gasteiger partial charge in [0.15, 0.2) is 0 Å². The highest BCUT2D eigenvalue weighted by atomic mass is 35.5. The van der Waals surface area contributed by atoms with E-state index in [-0.39, 0.29) is 5.02 Å². The van der Waals surface area contributed by atoms with Crippen molar-refractivity contribution in [3.8, 4) is 5.75 Å². The first-order valence-corrected chi connectivity index (χ1v) is 5.87. The van der Waals surface area contributed by atoms with Crippen molar-refractivity contribution in [3.05, 3.63) is 29.0 Å². The number of benzene rings is 1. The zero-order valence-electron chi connectivity index (χ0n) is 8.54. The summed E-state index contributed by atoms with van der Waals surface area (Å²) in [5.41, 5.74) is 0. The molecule has 0 radical (unpaired) electrons. The molecule has 0 aromatic heterocycles. The monoisotopic (exact) mass is 248 g/mol. The molecular formula is C11H14ClFOS. The molecule has 1 rings (SSSR count). The predicted octanol–water partition coefficient (Wildman–Crippen LogP) is 3.81. The topological polar surface area (TPSA) is 9.23 Å². The SMILES string of the molecule is CCC(CS)COc1ccc(F)c(Cl)c1. The highest BCUT2D eigenvalue weighted by molar-refractivity contribution is 7.80. The molecule has 84 valence electrons. The summed E-state index contributed by atoms with van der Waals surface area (Å²) in [5, 5.41) is 0.0893. The van der Waals surface area contributed by atoms with Gasteiger partial charge in [0.1, 0.15) is 11.6 Å². The fourth-order valence-electron chi connectivity index (χ4n) is 1.08. The summed E-state index contributed by atoms with van der Waals surface area (Å²) in [6.45, 7) is 2.67. The van der Waals surface area contributed by atoms with Crippen LogP contribution in [0.1, 0.15) is 13.3 Å². The van der Waals surface area contributed by atoms with Crippen LogP contribution in [-0.4, -0.2) is 12.4 Å². The molecule has 0 aliphatic heterocycles. The van der Waals surface area contributed by atoms with Crippen molar-refractivity contribution in [1.29, 1.82) is 0 Å². The summed E-state index contributed by atoms with van der Waals surface area (Å²) in [6.07, 6.45) is 1.01. The van der Waals surface area contributed by atoms with Crippen molar-refractivity contribution in [1.82, 2.24) is 0 Å². The van der Waals surface area contributed by atoms with Crippen LogP contribution in [0, 0.1) is 11.7 Å². The smallest absolute Gasteiger partial charge is 0.142 e. The second-order valence-electron chi connectivity index (χ2n) is 3.34. The fourth-order valence-corrected chi connectivity index (χ4v) is 1.61. The number of halogens is 2. The quantitative estimate of drug-likeness (QED) is 0.780. The first-order valence-electron chi connectivity index (χ1n) is 4.86. The van der Waals surface area contributed by atoms with Gasteiger partial charge in [0.25, 0.3) is 0 Å². The van der Waals surface area contributed by atoms with Gasteiger partial charge in [-0.25, -0.2) is 4.39 Å². The second kappa shape index (κ2) is 6.23. The average molecular weight is 249 g/mol. The maximum Gasteiger partial charge on any atom is 0.142 e. The predicted molar refractivity (Wildman–Crippen MR) is 64.5 cm³/mol. The molecule has 0 spiro atoms. The lowest BCUT2D eigenvalue weighted by atomic mass is 10.1.